The molecule has 0 saturated heterocycles. The maximum absolute atomic E-state index is 11.6. The van der Waals surface area contributed by atoms with E-state index < -0.39 is 0 Å². The number of amides is 1. The summed E-state index contributed by atoms with van der Waals surface area (Å²) in [6, 6.07) is 3.17. The van der Waals surface area contributed by atoms with Crippen LogP contribution in [-0.2, 0) is 9.53 Å². The summed E-state index contributed by atoms with van der Waals surface area (Å²) < 4.78 is 16.3. The monoisotopic (exact) mass is 359 g/mol. The van der Waals surface area contributed by atoms with Gasteiger partial charge in [-0.2, -0.15) is 0 Å². The number of ether oxygens (including phenoxy) is 3. The molecule has 1 aromatic rings. The van der Waals surface area contributed by atoms with Gasteiger partial charge in [0, 0.05) is 19.2 Å². The van der Waals surface area contributed by atoms with Crippen molar-refractivity contribution in [3.05, 3.63) is 22.2 Å². The SMILES string of the molecule is CCOc1cc(C=O)cc(Br)c1OCC(=O)NCCOC. The van der Waals surface area contributed by atoms with Crippen LogP contribution in [0.3, 0.4) is 0 Å². The predicted molar refractivity (Wildman–Crippen MR) is 81.1 cm³/mol. The zero-order valence-electron chi connectivity index (χ0n) is 12.0. The average molecular weight is 360 g/mol. The van der Waals surface area contributed by atoms with Gasteiger partial charge in [0.15, 0.2) is 18.1 Å². The molecule has 0 fully saturated rings. The normalized spacial score (nSPS) is 10.0. The predicted octanol–water partition coefficient (Wildman–Crippen LogP) is 1.80. The van der Waals surface area contributed by atoms with E-state index in [1.807, 2.05) is 6.92 Å². The molecule has 0 aliphatic heterocycles. The van der Waals surface area contributed by atoms with Gasteiger partial charge in [-0.25, -0.2) is 0 Å². The van der Waals surface area contributed by atoms with E-state index in [9.17, 15) is 9.59 Å². The molecule has 0 aliphatic carbocycles. The summed E-state index contributed by atoms with van der Waals surface area (Å²) in [6.07, 6.45) is 0.717. The summed E-state index contributed by atoms with van der Waals surface area (Å²) in [5.41, 5.74) is 0.460. The molecule has 1 N–H and O–H groups in total. The Bertz CT molecular complexity index is 492. The number of methoxy groups -OCH3 is 1. The van der Waals surface area contributed by atoms with E-state index in [0.29, 0.717) is 47.6 Å². The maximum Gasteiger partial charge on any atom is 0.258 e. The van der Waals surface area contributed by atoms with Gasteiger partial charge in [-0.3, -0.25) is 9.59 Å². The van der Waals surface area contributed by atoms with Crippen molar-refractivity contribution in [1.82, 2.24) is 5.32 Å². The molecule has 0 atom stereocenters. The summed E-state index contributed by atoms with van der Waals surface area (Å²) in [7, 11) is 1.56. The maximum atomic E-state index is 11.6. The molecule has 0 unspecified atom stereocenters. The Morgan fingerprint density at radius 1 is 1.38 bits per heavy atom. The van der Waals surface area contributed by atoms with Crippen LogP contribution >= 0.6 is 15.9 Å². The molecule has 21 heavy (non-hydrogen) atoms. The molecule has 1 aromatic carbocycles. The third kappa shape index (κ3) is 5.73. The third-order valence-corrected chi connectivity index (χ3v) is 3.03. The van der Waals surface area contributed by atoms with E-state index in [2.05, 4.69) is 21.2 Å². The second kappa shape index (κ2) is 9.36. The minimum absolute atomic E-state index is 0.150. The Hall–Kier alpha value is -1.60. The first-order valence-corrected chi connectivity index (χ1v) is 7.21. The van der Waals surface area contributed by atoms with Gasteiger partial charge < -0.3 is 19.5 Å². The van der Waals surface area contributed by atoms with Crippen LogP contribution in [0, 0.1) is 0 Å². The number of nitrogens with one attached hydrogen (secondary N) is 1. The van der Waals surface area contributed by atoms with Gasteiger partial charge in [-0.05, 0) is 35.0 Å². The number of carbonyl (C=O) groups is 2. The van der Waals surface area contributed by atoms with Gasteiger partial charge >= 0.3 is 0 Å². The third-order valence-electron chi connectivity index (χ3n) is 2.44. The van der Waals surface area contributed by atoms with Crippen molar-refractivity contribution in [3.63, 3.8) is 0 Å². The molecule has 0 radical (unpaired) electrons. The number of aldehydes is 1. The van der Waals surface area contributed by atoms with Crippen molar-refractivity contribution in [2.24, 2.45) is 0 Å². The van der Waals surface area contributed by atoms with Gasteiger partial charge in [0.05, 0.1) is 17.7 Å². The van der Waals surface area contributed by atoms with Crippen LogP contribution in [0.25, 0.3) is 0 Å². The molecule has 0 saturated carbocycles. The molecule has 1 rings (SSSR count). The standard InChI is InChI=1S/C14H18BrNO5/c1-3-20-12-7-10(8-17)6-11(15)14(12)21-9-13(18)16-4-5-19-2/h6-8H,3-5,9H2,1-2H3,(H,16,18). The van der Waals surface area contributed by atoms with Crippen molar-refractivity contribution in [2.75, 3.05) is 33.5 Å². The fraction of sp³-hybridized carbons (Fsp3) is 0.429. The van der Waals surface area contributed by atoms with Crippen molar-refractivity contribution in [2.45, 2.75) is 6.92 Å². The molecule has 6 nitrogen and oxygen atoms in total. The van der Waals surface area contributed by atoms with Crippen molar-refractivity contribution >= 4 is 28.1 Å². The Morgan fingerprint density at radius 2 is 2.14 bits per heavy atom. The molecule has 0 bridgehead atoms. The fourth-order valence-electron chi connectivity index (χ4n) is 1.54. The number of carbonyl (C=O) groups excluding carboxylic acids is 2. The summed E-state index contributed by atoms with van der Waals surface area (Å²) in [6.45, 7) is 2.95. The molecule has 116 valence electrons. The van der Waals surface area contributed by atoms with Gasteiger partial charge in [-0.1, -0.05) is 0 Å². The highest BCUT2D eigenvalue weighted by atomic mass is 79.9. The number of hydrogen-bond acceptors (Lipinski definition) is 5. The molecule has 0 aliphatic rings. The Balaban J connectivity index is 2.72. The summed E-state index contributed by atoms with van der Waals surface area (Å²) in [5, 5.41) is 2.65. The number of benzene rings is 1. The van der Waals surface area contributed by atoms with Crippen LogP contribution < -0.4 is 14.8 Å². The van der Waals surface area contributed by atoms with Crippen molar-refractivity contribution in [1.29, 1.82) is 0 Å². The van der Waals surface area contributed by atoms with Gasteiger partial charge in [-0.15, -0.1) is 0 Å². The molecule has 0 aromatic heterocycles. The average Bonchev–Trinajstić information content (AvgIpc) is 2.46. The fourth-order valence-corrected chi connectivity index (χ4v) is 2.11. The van der Waals surface area contributed by atoms with E-state index in [-0.39, 0.29) is 12.5 Å². The highest BCUT2D eigenvalue weighted by Crippen LogP contribution is 2.36. The molecular weight excluding hydrogens is 342 g/mol. The van der Waals surface area contributed by atoms with Gasteiger partial charge in [0.2, 0.25) is 0 Å². The lowest BCUT2D eigenvalue weighted by Crippen LogP contribution is -2.31. The Labute approximate surface area is 131 Å². The van der Waals surface area contributed by atoms with Gasteiger partial charge in [0.1, 0.15) is 6.29 Å². The van der Waals surface area contributed by atoms with Crippen LogP contribution in [-0.4, -0.2) is 45.7 Å². The van der Waals surface area contributed by atoms with Crippen molar-refractivity contribution in [3.8, 4) is 11.5 Å². The molecule has 1 amide bonds. The lowest BCUT2D eigenvalue weighted by atomic mass is 10.2. The van der Waals surface area contributed by atoms with E-state index in [1.54, 1.807) is 19.2 Å². The highest BCUT2D eigenvalue weighted by molar-refractivity contribution is 9.10. The van der Waals surface area contributed by atoms with E-state index in [4.69, 9.17) is 14.2 Å². The Morgan fingerprint density at radius 3 is 2.76 bits per heavy atom. The second-order valence-corrected chi connectivity index (χ2v) is 4.87. The topological polar surface area (TPSA) is 73.9 Å². The molecule has 0 spiro atoms. The van der Waals surface area contributed by atoms with E-state index >= 15 is 0 Å². The summed E-state index contributed by atoms with van der Waals surface area (Å²) in [4.78, 5) is 22.4. The molecule has 7 heteroatoms. The summed E-state index contributed by atoms with van der Waals surface area (Å²) in [5.74, 6) is 0.545. The number of hydrogen-bond donors (Lipinski definition) is 1. The largest absolute Gasteiger partial charge is 0.490 e. The van der Waals surface area contributed by atoms with Gasteiger partial charge in [0.25, 0.3) is 5.91 Å². The van der Waals surface area contributed by atoms with E-state index in [0.717, 1.165) is 0 Å². The quantitative estimate of drug-likeness (QED) is 0.537. The number of rotatable bonds is 9. The van der Waals surface area contributed by atoms with Crippen molar-refractivity contribution < 1.29 is 23.8 Å². The first kappa shape index (κ1) is 17.5. The molecule has 0 heterocycles. The van der Waals surface area contributed by atoms with Crippen LogP contribution in [0.1, 0.15) is 17.3 Å². The zero-order chi connectivity index (χ0) is 15.7. The second-order valence-electron chi connectivity index (χ2n) is 4.01. The highest BCUT2D eigenvalue weighted by Gasteiger charge is 2.13. The first-order chi connectivity index (χ1) is 10.1. The minimum atomic E-state index is -0.263. The lowest BCUT2D eigenvalue weighted by molar-refractivity contribution is -0.123. The summed E-state index contributed by atoms with van der Waals surface area (Å²) >= 11 is 3.31. The van der Waals surface area contributed by atoms with Crippen LogP contribution in [0.5, 0.6) is 11.5 Å². The molecular formula is C14H18BrNO5. The zero-order valence-corrected chi connectivity index (χ0v) is 13.6. The minimum Gasteiger partial charge on any atom is -0.490 e. The lowest BCUT2D eigenvalue weighted by Gasteiger charge is -2.14. The first-order valence-electron chi connectivity index (χ1n) is 6.42. The van der Waals surface area contributed by atoms with Crippen LogP contribution in [0.15, 0.2) is 16.6 Å². The number of halogens is 1. The van der Waals surface area contributed by atoms with Crippen LogP contribution in [0.4, 0.5) is 0 Å². The Kier molecular flexibility index (Phi) is 7.78. The smallest absolute Gasteiger partial charge is 0.258 e. The van der Waals surface area contributed by atoms with E-state index in [1.165, 1.54) is 0 Å². The van der Waals surface area contributed by atoms with Crippen LogP contribution in [0.2, 0.25) is 0 Å².